The van der Waals surface area contributed by atoms with Crippen LogP contribution < -0.4 is 51.3 Å². The zero-order chi connectivity index (χ0) is 60.9. The van der Waals surface area contributed by atoms with E-state index in [4.69, 9.17) is 24.7 Å². The molecule has 84 heavy (non-hydrogen) atoms. The SMILES string of the molecule is COc1cc2c(cc1OCCP(=O)(CCOc1cc3c(cc1OC)C(=O)N1C[C@H](F)C[C@H]1C=N3)N(C)CCCC(=O)NCCNC(=O)[C@@H](CCCNC(N)=O)NC(=O)C(C)(C)NC(=O)CCCN1C(=O)C=CC1=O)N=C[C@@H]1C[C@@H](F)CN1C2=O. The fourth-order valence-corrected chi connectivity index (χ4v) is 12.3. The lowest BCUT2D eigenvalue weighted by Crippen LogP contribution is -2.59. The number of fused-ring (bicyclic) bond motifs is 4. The third-order valence-electron chi connectivity index (χ3n) is 14.8. The van der Waals surface area contributed by atoms with E-state index < -0.39 is 90.7 Å². The van der Waals surface area contributed by atoms with Crippen LogP contribution in [0.5, 0.6) is 23.0 Å². The van der Waals surface area contributed by atoms with E-state index >= 15 is 4.57 Å². The number of aliphatic imine (C=N–C) groups is 2. The Kier molecular flexibility index (Phi) is 21.6. The number of carbonyl (C=O) groups is 9. The minimum atomic E-state index is -3.44. The van der Waals surface area contributed by atoms with Gasteiger partial charge in [-0.15, -0.1) is 0 Å². The highest BCUT2D eigenvalue weighted by atomic mass is 31.2. The number of carbonyl (C=O) groups excluding carboxylic acids is 9. The first kappa shape index (κ1) is 63.6. The lowest BCUT2D eigenvalue weighted by molar-refractivity contribution is -0.137. The molecule has 0 saturated carbocycles. The van der Waals surface area contributed by atoms with Crippen molar-refractivity contribution in [1.29, 1.82) is 0 Å². The van der Waals surface area contributed by atoms with Gasteiger partial charge in [0.1, 0.15) is 23.9 Å². The first-order valence-corrected chi connectivity index (χ1v) is 29.7. The molecule has 0 aromatic heterocycles. The number of hydrogen-bond donors (Lipinski definition) is 6. The van der Waals surface area contributed by atoms with Crippen molar-refractivity contribution in [3.63, 3.8) is 0 Å². The molecule has 0 radical (unpaired) electrons. The lowest BCUT2D eigenvalue weighted by atomic mass is 10.0. The molecule has 5 aliphatic heterocycles. The van der Waals surface area contributed by atoms with Gasteiger partial charge in [0.2, 0.25) is 23.6 Å². The van der Waals surface area contributed by atoms with Gasteiger partial charge >= 0.3 is 6.03 Å². The average molecular weight is 1200 g/mol. The van der Waals surface area contributed by atoms with Crippen molar-refractivity contribution >= 4 is 84.4 Å². The summed E-state index contributed by atoms with van der Waals surface area (Å²) in [6.45, 7) is 2.78. The molecule has 29 heteroatoms. The summed E-state index contributed by atoms with van der Waals surface area (Å²) < 4.78 is 69.0. The second kappa shape index (κ2) is 28.5. The first-order valence-electron chi connectivity index (χ1n) is 27.7. The molecule has 0 spiro atoms. The summed E-state index contributed by atoms with van der Waals surface area (Å²) >= 11 is 0. The van der Waals surface area contributed by atoms with Crippen molar-refractivity contribution in [2.45, 2.75) is 101 Å². The molecule has 7 N–H and O–H groups in total. The van der Waals surface area contributed by atoms with Gasteiger partial charge in [-0.25, -0.2) is 13.6 Å². The third kappa shape index (κ3) is 16.2. The van der Waals surface area contributed by atoms with E-state index in [-0.39, 0.29) is 163 Å². The fraction of sp³-hybridized carbons (Fsp3) is 0.545. The van der Waals surface area contributed by atoms with E-state index in [1.165, 1.54) is 62.4 Å². The maximum absolute atomic E-state index is 15.2. The number of alkyl halides is 2. The Bertz CT molecular complexity index is 2870. The van der Waals surface area contributed by atoms with Crippen LogP contribution in [0.3, 0.4) is 0 Å². The zero-order valence-electron chi connectivity index (χ0n) is 47.6. The van der Waals surface area contributed by atoms with Gasteiger partial charge in [-0.3, -0.25) is 57.9 Å². The van der Waals surface area contributed by atoms with Gasteiger partial charge in [0.15, 0.2) is 30.3 Å². The van der Waals surface area contributed by atoms with Crippen molar-refractivity contribution in [1.82, 2.24) is 46.0 Å². The molecule has 456 valence electrons. The Morgan fingerprint density at radius 1 is 0.738 bits per heavy atom. The highest BCUT2D eigenvalue weighted by Gasteiger charge is 2.40. The van der Waals surface area contributed by atoms with E-state index in [2.05, 4.69) is 36.6 Å². The summed E-state index contributed by atoms with van der Waals surface area (Å²) in [5.41, 5.74) is 4.70. The molecule has 5 atom stereocenters. The normalized spacial score (nSPS) is 19.2. The minimum absolute atomic E-state index is 0.00495. The van der Waals surface area contributed by atoms with Crippen LogP contribution in [0.4, 0.5) is 25.0 Å². The number of ether oxygens (including phenoxy) is 4. The van der Waals surface area contributed by atoms with Crippen molar-refractivity contribution in [2.75, 3.05) is 92.6 Å². The molecule has 0 aliphatic carbocycles. The van der Waals surface area contributed by atoms with E-state index in [0.717, 1.165) is 17.1 Å². The summed E-state index contributed by atoms with van der Waals surface area (Å²) in [6.07, 6.45) is 3.79. The molecule has 0 bridgehead atoms. The molecular formula is C55H73F2N12O14P. The van der Waals surface area contributed by atoms with Gasteiger partial charge in [0.05, 0.1) is 75.1 Å². The smallest absolute Gasteiger partial charge is 0.312 e. The highest BCUT2D eigenvalue weighted by Crippen LogP contribution is 2.49. The predicted molar refractivity (Wildman–Crippen MR) is 303 cm³/mol. The number of nitrogens with zero attached hydrogens (tertiary/aromatic N) is 6. The molecule has 2 aromatic rings. The van der Waals surface area contributed by atoms with E-state index in [1.807, 2.05) is 0 Å². The second-order valence-electron chi connectivity index (χ2n) is 21.3. The standard InChI is InChI=1S/C55H73F2N12O14P/c1-55(2,65-47(71)11-8-18-67-48(72)12-13-49(67)73)53(77)64-39(9-6-14-61-54(58)78)50(74)60-16-15-59-46(70)10-7-17-66(3)84(79,21-19-82-44-27-40-37(25-42(44)80-4)51(75)68-31-33(56)23-35(68)29-62-40)22-20-83-45-28-41-38(26-43(45)81-5)52(76)69-32-34(57)24-36(69)30-63-41/h12-13,25-30,33-36,39H,6-11,14-24,31-32H2,1-5H3,(H,59,70)(H,60,74)(H,64,77)(H,65,71)(H3,58,61,78)/t33-,34-,35+,36+,39-/m1/s1. The number of imide groups is 1. The summed E-state index contributed by atoms with van der Waals surface area (Å²) in [4.78, 5) is 128. The Balaban J connectivity index is 0.938. The number of rotatable bonds is 30. The van der Waals surface area contributed by atoms with Crippen LogP contribution in [0, 0.1) is 0 Å². The summed E-state index contributed by atoms with van der Waals surface area (Å²) in [6, 6.07) is 3.14. The number of urea groups is 1. The highest BCUT2D eigenvalue weighted by molar-refractivity contribution is 7.61. The first-order chi connectivity index (χ1) is 40.0. The number of halogens is 2. The Morgan fingerprint density at radius 3 is 1.79 bits per heavy atom. The Morgan fingerprint density at radius 2 is 1.26 bits per heavy atom. The van der Waals surface area contributed by atoms with Gasteiger partial charge in [-0.05, 0) is 58.7 Å². The minimum Gasteiger partial charge on any atom is -0.493 e. The Labute approximate surface area is 484 Å². The average Bonchev–Trinajstić information content (AvgIpc) is 4.30. The second-order valence-corrected chi connectivity index (χ2v) is 24.6. The topological polar surface area (TPSA) is 331 Å². The molecule has 5 aliphatic rings. The summed E-state index contributed by atoms with van der Waals surface area (Å²) in [5, 5.41) is 13.1. The third-order valence-corrected chi connectivity index (χ3v) is 18.1. The molecule has 7 rings (SSSR count). The quantitative estimate of drug-likeness (QED) is 0.0372. The molecule has 26 nitrogen and oxygen atoms in total. The number of benzene rings is 2. The maximum Gasteiger partial charge on any atom is 0.312 e. The number of primary amides is 1. The van der Waals surface area contributed by atoms with E-state index in [0.29, 0.717) is 11.4 Å². The van der Waals surface area contributed by atoms with Gasteiger partial charge in [0.25, 0.3) is 23.6 Å². The van der Waals surface area contributed by atoms with Gasteiger partial charge < -0.3 is 65.6 Å². The zero-order valence-corrected chi connectivity index (χ0v) is 48.5. The number of methoxy groups -OCH3 is 2. The lowest BCUT2D eigenvalue weighted by Gasteiger charge is -2.29. The monoisotopic (exact) mass is 1190 g/mol. The molecule has 10 amide bonds. The molecule has 2 fully saturated rings. The summed E-state index contributed by atoms with van der Waals surface area (Å²) in [5.74, 6) is -3.12. The van der Waals surface area contributed by atoms with Gasteiger partial charge in [-0.2, -0.15) is 0 Å². The van der Waals surface area contributed by atoms with Crippen LogP contribution >= 0.6 is 7.29 Å². The number of nitrogens with two attached hydrogens (primary N) is 1. The molecule has 5 heterocycles. The summed E-state index contributed by atoms with van der Waals surface area (Å²) in [7, 11) is 1.01. The van der Waals surface area contributed by atoms with Crippen LogP contribution in [0.15, 0.2) is 46.4 Å². The number of nitrogens with one attached hydrogen (secondary N) is 5. The van der Waals surface area contributed by atoms with Gasteiger partial charge in [-0.1, -0.05) is 0 Å². The molecule has 2 saturated heterocycles. The number of hydrogen-bond acceptors (Lipinski definition) is 16. The van der Waals surface area contributed by atoms with Gasteiger partial charge in [0, 0.05) is 107 Å². The molecular weight excluding hydrogens is 1120 g/mol. The van der Waals surface area contributed by atoms with Crippen molar-refractivity contribution < 1.29 is 75.4 Å². The largest absolute Gasteiger partial charge is 0.493 e. The van der Waals surface area contributed by atoms with Crippen LogP contribution in [0.25, 0.3) is 0 Å². The Hall–Kier alpha value is -8.00. The van der Waals surface area contributed by atoms with E-state index in [9.17, 15) is 51.9 Å². The van der Waals surface area contributed by atoms with Crippen LogP contribution in [-0.2, 0) is 33.3 Å². The van der Waals surface area contributed by atoms with Crippen molar-refractivity contribution in [2.24, 2.45) is 15.7 Å². The number of amides is 10. The molecule has 0 unspecified atom stereocenters. The fourth-order valence-electron chi connectivity index (χ4n) is 10.2. The molecule has 2 aromatic carbocycles. The van der Waals surface area contributed by atoms with Crippen molar-refractivity contribution in [3.8, 4) is 23.0 Å². The predicted octanol–water partition coefficient (Wildman–Crippen LogP) is 2.45. The van der Waals surface area contributed by atoms with Crippen LogP contribution in [0.1, 0.15) is 85.9 Å². The van der Waals surface area contributed by atoms with Crippen LogP contribution in [0.2, 0.25) is 0 Å². The van der Waals surface area contributed by atoms with Crippen molar-refractivity contribution in [3.05, 3.63) is 47.5 Å². The van der Waals surface area contributed by atoms with Crippen LogP contribution in [-0.4, -0.2) is 214 Å². The van der Waals surface area contributed by atoms with E-state index in [1.54, 1.807) is 23.9 Å². The maximum atomic E-state index is 15.2.